The molecule has 1 aromatic heterocycles. The van der Waals surface area contributed by atoms with Crippen molar-refractivity contribution in [3.05, 3.63) is 71.9 Å². The fraction of sp³-hybridized carbons (Fsp3) is 0.227. The van der Waals surface area contributed by atoms with Gasteiger partial charge in [0.1, 0.15) is 5.75 Å². The molecular formula is C22H24N4O2. The van der Waals surface area contributed by atoms with Gasteiger partial charge in [-0.15, -0.1) is 10.2 Å². The molecule has 0 unspecified atom stereocenters. The van der Waals surface area contributed by atoms with E-state index in [0.717, 1.165) is 5.69 Å². The third-order valence-corrected chi connectivity index (χ3v) is 4.25. The number of rotatable bonds is 5. The van der Waals surface area contributed by atoms with Gasteiger partial charge in [0.15, 0.2) is 11.5 Å². The SMILES string of the molecule is COc1cccc(NC(=O)c2ccc(Nc3ccc(C(C)(C)C)cc3)nn2)c1. The number of carbonyl (C=O) groups is 1. The van der Waals surface area contributed by atoms with Crippen molar-refractivity contribution in [2.75, 3.05) is 17.7 Å². The van der Waals surface area contributed by atoms with Crippen molar-refractivity contribution in [3.63, 3.8) is 0 Å². The van der Waals surface area contributed by atoms with Crippen LogP contribution < -0.4 is 15.4 Å². The minimum Gasteiger partial charge on any atom is -0.497 e. The van der Waals surface area contributed by atoms with Crippen LogP contribution in [-0.4, -0.2) is 23.2 Å². The normalized spacial score (nSPS) is 11.0. The fourth-order valence-electron chi connectivity index (χ4n) is 2.62. The molecular weight excluding hydrogens is 352 g/mol. The highest BCUT2D eigenvalue weighted by Crippen LogP contribution is 2.24. The predicted molar refractivity (Wildman–Crippen MR) is 111 cm³/mol. The summed E-state index contributed by atoms with van der Waals surface area (Å²) >= 11 is 0. The molecule has 1 amide bonds. The van der Waals surface area contributed by atoms with Crippen LogP contribution in [0, 0.1) is 0 Å². The summed E-state index contributed by atoms with van der Waals surface area (Å²) in [5.74, 6) is 0.907. The minimum atomic E-state index is -0.332. The predicted octanol–water partition coefficient (Wildman–Crippen LogP) is 4.78. The Hall–Kier alpha value is -3.41. The maximum Gasteiger partial charge on any atom is 0.276 e. The van der Waals surface area contributed by atoms with Crippen molar-refractivity contribution >= 4 is 23.1 Å². The molecule has 3 aromatic rings. The molecule has 6 heteroatoms. The highest BCUT2D eigenvalue weighted by Gasteiger charge is 2.13. The van der Waals surface area contributed by atoms with E-state index < -0.39 is 0 Å². The lowest BCUT2D eigenvalue weighted by atomic mass is 9.87. The van der Waals surface area contributed by atoms with Crippen LogP contribution in [0.5, 0.6) is 5.75 Å². The van der Waals surface area contributed by atoms with E-state index >= 15 is 0 Å². The van der Waals surface area contributed by atoms with Crippen LogP contribution in [0.2, 0.25) is 0 Å². The number of nitrogens with zero attached hydrogens (tertiary/aromatic N) is 2. The first-order chi connectivity index (χ1) is 13.3. The molecule has 0 bridgehead atoms. The summed E-state index contributed by atoms with van der Waals surface area (Å²) in [6.45, 7) is 6.53. The molecule has 0 saturated carbocycles. The lowest BCUT2D eigenvalue weighted by Crippen LogP contribution is -2.14. The molecule has 1 heterocycles. The smallest absolute Gasteiger partial charge is 0.276 e. The molecule has 0 atom stereocenters. The van der Waals surface area contributed by atoms with E-state index in [1.54, 1.807) is 37.4 Å². The number of aromatic nitrogens is 2. The fourth-order valence-corrected chi connectivity index (χ4v) is 2.62. The topological polar surface area (TPSA) is 76.1 Å². The molecule has 0 spiro atoms. The van der Waals surface area contributed by atoms with Gasteiger partial charge < -0.3 is 15.4 Å². The first kappa shape index (κ1) is 19.4. The molecule has 0 aliphatic heterocycles. The van der Waals surface area contributed by atoms with Crippen molar-refractivity contribution in [1.82, 2.24) is 10.2 Å². The zero-order valence-corrected chi connectivity index (χ0v) is 16.5. The van der Waals surface area contributed by atoms with Crippen LogP contribution in [0.3, 0.4) is 0 Å². The van der Waals surface area contributed by atoms with Crippen molar-refractivity contribution in [1.29, 1.82) is 0 Å². The lowest BCUT2D eigenvalue weighted by molar-refractivity contribution is 0.102. The van der Waals surface area contributed by atoms with Crippen LogP contribution >= 0.6 is 0 Å². The van der Waals surface area contributed by atoms with Crippen molar-refractivity contribution < 1.29 is 9.53 Å². The second-order valence-corrected chi connectivity index (χ2v) is 7.44. The average molecular weight is 376 g/mol. The van der Waals surface area contributed by atoms with Gasteiger partial charge in [-0.25, -0.2) is 0 Å². The Balaban J connectivity index is 1.65. The molecule has 0 fully saturated rings. The van der Waals surface area contributed by atoms with E-state index in [1.807, 2.05) is 18.2 Å². The van der Waals surface area contributed by atoms with Crippen LogP contribution in [0.4, 0.5) is 17.2 Å². The second-order valence-electron chi connectivity index (χ2n) is 7.44. The Kier molecular flexibility index (Phi) is 5.59. The molecule has 144 valence electrons. The maximum absolute atomic E-state index is 12.3. The third kappa shape index (κ3) is 4.85. The van der Waals surface area contributed by atoms with Crippen LogP contribution in [0.15, 0.2) is 60.7 Å². The highest BCUT2D eigenvalue weighted by atomic mass is 16.5. The van der Waals surface area contributed by atoms with E-state index in [9.17, 15) is 4.79 Å². The molecule has 0 saturated heterocycles. The first-order valence-corrected chi connectivity index (χ1v) is 9.02. The molecule has 28 heavy (non-hydrogen) atoms. The van der Waals surface area contributed by atoms with Gasteiger partial charge in [-0.1, -0.05) is 39.0 Å². The highest BCUT2D eigenvalue weighted by molar-refractivity contribution is 6.02. The summed E-state index contributed by atoms with van der Waals surface area (Å²) in [6.07, 6.45) is 0. The number of ether oxygens (including phenoxy) is 1. The zero-order chi connectivity index (χ0) is 20.1. The van der Waals surface area contributed by atoms with Crippen molar-refractivity contribution in [2.45, 2.75) is 26.2 Å². The van der Waals surface area contributed by atoms with Crippen molar-refractivity contribution in [2.24, 2.45) is 0 Å². The van der Waals surface area contributed by atoms with Gasteiger partial charge >= 0.3 is 0 Å². The number of hydrogen-bond donors (Lipinski definition) is 2. The molecule has 2 N–H and O–H groups in total. The van der Waals surface area contributed by atoms with Crippen molar-refractivity contribution in [3.8, 4) is 5.75 Å². The molecule has 3 rings (SSSR count). The van der Waals surface area contributed by atoms with Gasteiger partial charge in [0.25, 0.3) is 5.91 Å². The summed E-state index contributed by atoms with van der Waals surface area (Å²) in [5, 5.41) is 14.1. The third-order valence-electron chi connectivity index (χ3n) is 4.25. The Morgan fingerprint density at radius 1 is 0.929 bits per heavy atom. The Morgan fingerprint density at radius 2 is 1.68 bits per heavy atom. The van der Waals surface area contributed by atoms with Gasteiger partial charge in [-0.05, 0) is 47.4 Å². The van der Waals surface area contributed by atoms with Gasteiger partial charge in [0.05, 0.1) is 7.11 Å². The second kappa shape index (κ2) is 8.08. The number of benzene rings is 2. The average Bonchev–Trinajstić information content (AvgIpc) is 2.68. The zero-order valence-electron chi connectivity index (χ0n) is 16.5. The molecule has 0 radical (unpaired) electrons. The monoisotopic (exact) mass is 376 g/mol. The summed E-state index contributed by atoms with van der Waals surface area (Å²) in [7, 11) is 1.58. The number of nitrogens with one attached hydrogen (secondary N) is 2. The van der Waals surface area contributed by atoms with E-state index in [1.165, 1.54) is 5.56 Å². The largest absolute Gasteiger partial charge is 0.497 e. The van der Waals surface area contributed by atoms with Crippen LogP contribution in [0.25, 0.3) is 0 Å². The van der Waals surface area contributed by atoms with E-state index in [0.29, 0.717) is 17.3 Å². The summed E-state index contributed by atoms with van der Waals surface area (Å²) < 4.78 is 5.15. The maximum atomic E-state index is 12.3. The Morgan fingerprint density at radius 3 is 2.29 bits per heavy atom. The van der Waals surface area contributed by atoms with E-state index in [-0.39, 0.29) is 17.0 Å². The number of hydrogen-bond acceptors (Lipinski definition) is 5. The van der Waals surface area contributed by atoms with E-state index in [4.69, 9.17) is 4.74 Å². The summed E-state index contributed by atoms with van der Waals surface area (Å²) in [5.41, 5.74) is 3.14. The van der Waals surface area contributed by atoms with E-state index in [2.05, 4.69) is 53.7 Å². The number of carbonyl (C=O) groups excluding carboxylic acids is 1. The molecule has 6 nitrogen and oxygen atoms in total. The Labute approximate surface area is 165 Å². The van der Waals surface area contributed by atoms with Crippen LogP contribution in [0.1, 0.15) is 36.8 Å². The summed E-state index contributed by atoms with van der Waals surface area (Å²) in [4.78, 5) is 12.3. The number of amides is 1. The van der Waals surface area contributed by atoms with Gasteiger partial charge in [-0.2, -0.15) is 0 Å². The minimum absolute atomic E-state index is 0.107. The summed E-state index contributed by atoms with van der Waals surface area (Å²) in [6, 6.07) is 18.7. The quantitative estimate of drug-likeness (QED) is 0.670. The van der Waals surface area contributed by atoms with Gasteiger partial charge in [0, 0.05) is 17.4 Å². The first-order valence-electron chi connectivity index (χ1n) is 9.02. The standard InChI is InChI=1S/C22H24N4O2/c1-22(2,3)15-8-10-16(11-9-15)23-20-13-12-19(25-26-20)21(27)24-17-6-5-7-18(14-17)28-4/h5-14H,1-4H3,(H,23,26)(H,24,27). The Bertz CT molecular complexity index is 946. The number of anilines is 3. The van der Waals surface area contributed by atoms with Gasteiger partial charge in [0.2, 0.25) is 0 Å². The number of methoxy groups -OCH3 is 1. The molecule has 0 aliphatic carbocycles. The molecule has 0 aliphatic rings. The molecule has 2 aromatic carbocycles. The van der Waals surface area contributed by atoms with Gasteiger partial charge in [-0.3, -0.25) is 4.79 Å². The van der Waals surface area contributed by atoms with Crippen LogP contribution in [-0.2, 0) is 5.41 Å². The lowest BCUT2D eigenvalue weighted by Gasteiger charge is -2.19.